The van der Waals surface area contributed by atoms with Gasteiger partial charge in [0.15, 0.2) is 0 Å². The number of rotatable bonds is 3. The molecule has 1 saturated heterocycles. The van der Waals surface area contributed by atoms with E-state index < -0.39 is 0 Å². The summed E-state index contributed by atoms with van der Waals surface area (Å²) in [6.45, 7) is 3.03. The van der Waals surface area contributed by atoms with Crippen LogP contribution < -0.4 is 0 Å². The third-order valence-electron chi connectivity index (χ3n) is 4.83. The van der Waals surface area contributed by atoms with Crippen molar-refractivity contribution in [2.75, 3.05) is 19.6 Å². The first kappa shape index (κ1) is 13.1. The molecule has 1 aliphatic heterocycles. The number of β-amino-alcohol motifs (C(OH)–C–C–N with tert-alkyl or cyclic N) is 1. The van der Waals surface area contributed by atoms with E-state index in [9.17, 15) is 5.11 Å². The van der Waals surface area contributed by atoms with Crippen LogP contribution in [0.25, 0.3) is 11.1 Å². The van der Waals surface area contributed by atoms with Crippen molar-refractivity contribution in [2.45, 2.75) is 25.4 Å². The number of nitrogens with zero attached hydrogens (tertiary/aromatic N) is 1. The van der Waals surface area contributed by atoms with E-state index in [1.807, 2.05) is 0 Å². The van der Waals surface area contributed by atoms with E-state index in [1.165, 1.54) is 35.1 Å². The molecule has 21 heavy (non-hydrogen) atoms. The SMILES string of the molecule is OC(CN1CCCC1)c1ccc2c(c1)Cc1ccccc1-2. The maximum atomic E-state index is 10.5. The average Bonchev–Trinajstić information content (AvgIpc) is 3.13. The fraction of sp³-hybridized carbons (Fsp3) is 0.368. The van der Waals surface area contributed by atoms with Crippen molar-refractivity contribution < 1.29 is 5.11 Å². The molecule has 1 fully saturated rings. The molecule has 2 heteroatoms. The van der Waals surface area contributed by atoms with Gasteiger partial charge in [0.2, 0.25) is 0 Å². The van der Waals surface area contributed by atoms with E-state index in [1.54, 1.807) is 0 Å². The Morgan fingerprint density at radius 1 is 0.952 bits per heavy atom. The summed E-state index contributed by atoms with van der Waals surface area (Å²) in [6.07, 6.45) is 3.17. The first-order chi connectivity index (χ1) is 10.3. The van der Waals surface area contributed by atoms with E-state index in [-0.39, 0.29) is 6.10 Å². The lowest BCUT2D eigenvalue weighted by Crippen LogP contribution is -2.25. The number of hydrogen-bond acceptors (Lipinski definition) is 2. The fourth-order valence-electron chi connectivity index (χ4n) is 3.69. The highest BCUT2D eigenvalue weighted by molar-refractivity contribution is 5.76. The van der Waals surface area contributed by atoms with Gasteiger partial charge in [-0.1, -0.05) is 42.5 Å². The molecule has 0 amide bonds. The summed E-state index contributed by atoms with van der Waals surface area (Å²) in [5, 5.41) is 10.5. The lowest BCUT2D eigenvalue weighted by molar-refractivity contribution is 0.126. The van der Waals surface area contributed by atoms with Crippen molar-refractivity contribution in [1.82, 2.24) is 4.90 Å². The summed E-state index contributed by atoms with van der Waals surface area (Å²) in [7, 11) is 0. The van der Waals surface area contributed by atoms with Gasteiger partial charge in [0.25, 0.3) is 0 Å². The van der Waals surface area contributed by atoms with Crippen molar-refractivity contribution in [3.05, 3.63) is 59.2 Å². The predicted octanol–water partition coefficient (Wildman–Crippen LogP) is 3.39. The second-order valence-corrected chi connectivity index (χ2v) is 6.27. The number of fused-ring (bicyclic) bond motifs is 3. The summed E-state index contributed by atoms with van der Waals surface area (Å²) in [4.78, 5) is 2.37. The van der Waals surface area contributed by atoms with E-state index in [2.05, 4.69) is 47.4 Å². The Bertz CT molecular complexity index is 658. The number of benzene rings is 2. The predicted molar refractivity (Wildman–Crippen MR) is 85.3 cm³/mol. The summed E-state index contributed by atoms with van der Waals surface area (Å²) in [5.74, 6) is 0. The first-order valence-corrected chi connectivity index (χ1v) is 7.93. The Labute approximate surface area is 126 Å². The van der Waals surface area contributed by atoms with E-state index >= 15 is 0 Å². The topological polar surface area (TPSA) is 23.5 Å². The molecule has 1 unspecified atom stereocenters. The molecule has 2 nitrogen and oxygen atoms in total. The number of aliphatic hydroxyl groups excluding tert-OH is 1. The zero-order chi connectivity index (χ0) is 14.2. The third-order valence-corrected chi connectivity index (χ3v) is 4.83. The van der Waals surface area contributed by atoms with Gasteiger partial charge in [0.1, 0.15) is 0 Å². The molecule has 1 heterocycles. The van der Waals surface area contributed by atoms with Crippen LogP contribution in [0, 0.1) is 0 Å². The van der Waals surface area contributed by atoms with E-state index in [4.69, 9.17) is 0 Å². The molecule has 1 N–H and O–H groups in total. The molecule has 0 saturated carbocycles. The highest BCUT2D eigenvalue weighted by Gasteiger charge is 2.21. The van der Waals surface area contributed by atoms with Gasteiger partial charge in [-0.05, 0) is 60.2 Å². The van der Waals surface area contributed by atoms with Gasteiger partial charge < -0.3 is 10.0 Å². The van der Waals surface area contributed by atoms with Crippen molar-refractivity contribution in [3.63, 3.8) is 0 Å². The van der Waals surface area contributed by atoms with Crippen LogP contribution >= 0.6 is 0 Å². The lowest BCUT2D eigenvalue weighted by Gasteiger charge is -2.20. The Balaban J connectivity index is 1.58. The molecule has 4 rings (SSSR count). The maximum Gasteiger partial charge on any atom is 0.0917 e. The normalized spacial score (nSPS) is 18.5. The van der Waals surface area contributed by atoms with Crippen LogP contribution in [0.2, 0.25) is 0 Å². The van der Waals surface area contributed by atoms with Crippen LogP contribution in [0.3, 0.4) is 0 Å². The minimum absolute atomic E-state index is 0.364. The standard InChI is InChI=1S/C19H21NO/c21-19(13-20-9-3-4-10-20)15-7-8-18-16(12-15)11-14-5-1-2-6-17(14)18/h1-2,5-8,12,19,21H,3-4,9-11,13H2. The molecule has 108 valence electrons. The van der Waals surface area contributed by atoms with Crippen LogP contribution in [0.5, 0.6) is 0 Å². The molecule has 2 aromatic carbocycles. The van der Waals surface area contributed by atoms with E-state index in [0.717, 1.165) is 31.6 Å². The lowest BCUT2D eigenvalue weighted by atomic mass is 10.0. The van der Waals surface area contributed by atoms with Gasteiger partial charge in [0.05, 0.1) is 6.10 Å². The Morgan fingerprint density at radius 3 is 2.57 bits per heavy atom. The van der Waals surface area contributed by atoms with Crippen molar-refractivity contribution in [1.29, 1.82) is 0 Å². The summed E-state index contributed by atoms with van der Waals surface area (Å²) < 4.78 is 0. The van der Waals surface area contributed by atoms with Crippen LogP contribution in [0.4, 0.5) is 0 Å². The molecule has 1 aliphatic carbocycles. The second-order valence-electron chi connectivity index (χ2n) is 6.27. The van der Waals surface area contributed by atoms with Crippen molar-refractivity contribution in [2.24, 2.45) is 0 Å². The number of aliphatic hydroxyl groups is 1. The van der Waals surface area contributed by atoms with Gasteiger partial charge in [-0.15, -0.1) is 0 Å². The van der Waals surface area contributed by atoms with Gasteiger partial charge in [-0.2, -0.15) is 0 Å². The largest absolute Gasteiger partial charge is 0.387 e. The molecule has 1 atom stereocenters. The minimum atomic E-state index is -0.364. The van der Waals surface area contributed by atoms with Gasteiger partial charge >= 0.3 is 0 Å². The first-order valence-electron chi connectivity index (χ1n) is 7.93. The Kier molecular flexibility index (Phi) is 3.28. The van der Waals surface area contributed by atoms with Crippen molar-refractivity contribution >= 4 is 0 Å². The maximum absolute atomic E-state index is 10.5. The number of hydrogen-bond donors (Lipinski definition) is 1. The second kappa shape index (κ2) is 5.28. The quantitative estimate of drug-likeness (QED) is 0.794. The number of likely N-dealkylation sites (tertiary alicyclic amines) is 1. The van der Waals surface area contributed by atoms with E-state index in [0.29, 0.717) is 0 Å². The zero-order valence-corrected chi connectivity index (χ0v) is 12.3. The molecular weight excluding hydrogens is 258 g/mol. The summed E-state index contributed by atoms with van der Waals surface area (Å²) >= 11 is 0. The Hall–Kier alpha value is -1.64. The molecule has 2 aliphatic rings. The minimum Gasteiger partial charge on any atom is -0.387 e. The summed E-state index contributed by atoms with van der Waals surface area (Å²) in [5.41, 5.74) is 6.51. The van der Waals surface area contributed by atoms with Gasteiger partial charge in [0, 0.05) is 6.54 Å². The smallest absolute Gasteiger partial charge is 0.0917 e. The molecular formula is C19H21NO. The fourth-order valence-corrected chi connectivity index (χ4v) is 3.69. The molecule has 0 spiro atoms. The monoisotopic (exact) mass is 279 g/mol. The zero-order valence-electron chi connectivity index (χ0n) is 12.3. The van der Waals surface area contributed by atoms with Crippen molar-refractivity contribution in [3.8, 4) is 11.1 Å². The van der Waals surface area contributed by atoms with Crippen LogP contribution in [-0.2, 0) is 6.42 Å². The Morgan fingerprint density at radius 2 is 1.71 bits per heavy atom. The van der Waals surface area contributed by atoms with Gasteiger partial charge in [-0.3, -0.25) is 0 Å². The molecule has 2 aromatic rings. The van der Waals surface area contributed by atoms with Crippen LogP contribution in [-0.4, -0.2) is 29.6 Å². The molecule has 0 radical (unpaired) electrons. The highest BCUT2D eigenvalue weighted by Crippen LogP contribution is 2.37. The van der Waals surface area contributed by atoms with Crippen LogP contribution in [0.15, 0.2) is 42.5 Å². The summed E-state index contributed by atoms with van der Waals surface area (Å²) in [6, 6.07) is 15.1. The molecule has 0 aromatic heterocycles. The molecule has 0 bridgehead atoms. The van der Waals surface area contributed by atoms with Crippen LogP contribution in [0.1, 0.15) is 35.6 Å². The van der Waals surface area contributed by atoms with Gasteiger partial charge in [-0.25, -0.2) is 0 Å². The average molecular weight is 279 g/mol. The highest BCUT2D eigenvalue weighted by atomic mass is 16.3. The third kappa shape index (κ3) is 2.39.